The van der Waals surface area contributed by atoms with E-state index in [0.29, 0.717) is 10.8 Å². The largest absolute Gasteiger partial charge is 0.455 e. The first-order valence-electron chi connectivity index (χ1n) is 5.66. The Morgan fingerprint density at radius 3 is 2.47 bits per heavy atom. The molecular weight excluding hydrogens is 393 g/mol. The molecule has 0 unspecified atom stereocenters. The Labute approximate surface area is 134 Å². The Hall–Kier alpha value is -0.550. The summed E-state index contributed by atoms with van der Waals surface area (Å²) in [6.07, 6.45) is 0. The van der Waals surface area contributed by atoms with Gasteiger partial charge in [-0.2, -0.15) is 0 Å². The van der Waals surface area contributed by atoms with Gasteiger partial charge in [-0.05, 0) is 58.9 Å². The van der Waals surface area contributed by atoms with Crippen molar-refractivity contribution < 1.29 is 4.74 Å². The van der Waals surface area contributed by atoms with Crippen molar-refractivity contribution in [2.45, 2.75) is 6.54 Å². The SMILES string of the molecule is CNCc1ccc(Oc2ccc(Br)cc2Br)c(Cl)c1. The van der Waals surface area contributed by atoms with Gasteiger partial charge >= 0.3 is 0 Å². The quantitative estimate of drug-likeness (QED) is 0.738. The van der Waals surface area contributed by atoms with Crippen LogP contribution in [0.15, 0.2) is 45.3 Å². The summed E-state index contributed by atoms with van der Waals surface area (Å²) in [7, 11) is 1.90. The molecule has 0 radical (unpaired) electrons. The molecule has 0 saturated heterocycles. The Kier molecular flexibility index (Phi) is 5.28. The van der Waals surface area contributed by atoms with Crippen molar-refractivity contribution in [1.29, 1.82) is 0 Å². The van der Waals surface area contributed by atoms with E-state index in [4.69, 9.17) is 16.3 Å². The number of benzene rings is 2. The van der Waals surface area contributed by atoms with E-state index >= 15 is 0 Å². The van der Waals surface area contributed by atoms with Crippen LogP contribution in [0.25, 0.3) is 0 Å². The van der Waals surface area contributed by atoms with Crippen LogP contribution in [0, 0.1) is 0 Å². The van der Waals surface area contributed by atoms with Gasteiger partial charge in [-0.15, -0.1) is 0 Å². The second-order valence-electron chi connectivity index (χ2n) is 3.97. The summed E-state index contributed by atoms with van der Waals surface area (Å²) in [6.45, 7) is 0.780. The fraction of sp³-hybridized carbons (Fsp3) is 0.143. The topological polar surface area (TPSA) is 21.3 Å². The number of rotatable bonds is 4. The molecule has 100 valence electrons. The van der Waals surface area contributed by atoms with Crippen LogP contribution in [0.1, 0.15) is 5.56 Å². The van der Waals surface area contributed by atoms with Crippen LogP contribution in [0.4, 0.5) is 0 Å². The van der Waals surface area contributed by atoms with Crippen LogP contribution in [0.3, 0.4) is 0 Å². The molecule has 2 aromatic rings. The van der Waals surface area contributed by atoms with Crippen LogP contribution < -0.4 is 10.1 Å². The van der Waals surface area contributed by atoms with E-state index in [9.17, 15) is 0 Å². The molecule has 0 spiro atoms. The Balaban J connectivity index is 2.23. The smallest absolute Gasteiger partial charge is 0.146 e. The Morgan fingerprint density at radius 2 is 1.84 bits per heavy atom. The summed E-state index contributed by atoms with van der Waals surface area (Å²) in [5, 5.41) is 3.68. The fourth-order valence-corrected chi connectivity index (χ4v) is 2.99. The standard InChI is InChI=1S/C14H12Br2ClNO/c1-18-8-9-2-4-14(12(17)6-9)19-13-5-3-10(15)7-11(13)16/h2-7,18H,8H2,1H3. The Bertz CT molecular complexity index is 590. The maximum absolute atomic E-state index is 6.22. The lowest BCUT2D eigenvalue weighted by atomic mass is 10.2. The van der Waals surface area contributed by atoms with E-state index in [2.05, 4.69) is 37.2 Å². The zero-order valence-corrected chi connectivity index (χ0v) is 14.1. The average Bonchev–Trinajstić information content (AvgIpc) is 2.36. The first-order chi connectivity index (χ1) is 9.10. The molecule has 0 atom stereocenters. The summed E-state index contributed by atoms with van der Waals surface area (Å²) >= 11 is 13.1. The van der Waals surface area contributed by atoms with Crippen molar-refractivity contribution in [3.05, 3.63) is 55.9 Å². The highest BCUT2D eigenvalue weighted by molar-refractivity contribution is 9.11. The summed E-state index contributed by atoms with van der Waals surface area (Å²) < 4.78 is 7.67. The van der Waals surface area contributed by atoms with Gasteiger partial charge in [0, 0.05) is 11.0 Å². The number of ether oxygens (including phenoxy) is 1. The highest BCUT2D eigenvalue weighted by atomic mass is 79.9. The van der Waals surface area contributed by atoms with Crippen LogP contribution in [0.5, 0.6) is 11.5 Å². The lowest BCUT2D eigenvalue weighted by Gasteiger charge is -2.10. The zero-order chi connectivity index (χ0) is 13.8. The van der Waals surface area contributed by atoms with Crippen molar-refractivity contribution in [3.8, 4) is 11.5 Å². The Morgan fingerprint density at radius 1 is 1.11 bits per heavy atom. The molecule has 5 heteroatoms. The lowest BCUT2D eigenvalue weighted by molar-refractivity contribution is 0.479. The maximum Gasteiger partial charge on any atom is 0.146 e. The molecule has 0 fully saturated rings. The third kappa shape index (κ3) is 3.96. The van der Waals surface area contributed by atoms with Gasteiger partial charge in [0.2, 0.25) is 0 Å². The molecule has 0 amide bonds. The van der Waals surface area contributed by atoms with Gasteiger partial charge in [0.25, 0.3) is 0 Å². The van der Waals surface area contributed by atoms with E-state index in [1.165, 1.54) is 0 Å². The van der Waals surface area contributed by atoms with Gasteiger partial charge in [-0.3, -0.25) is 0 Å². The average molecular weight is 406 g/mol. The number of nitrogens with one attached hydrogen (secondary N) is 1. The third-order valence-electron chi connectivity index (χ3n) is 2.49. The molecule has 19 heavy (non-hydrogen) atoms. The van der Waals surface area contributed by atoms with Crippen molar-refractivity contribution in [3.63, 3.8) is 0 Å². The highest BCUT2D eigenvalue weighted by Gasteiger charge is 2.07. The molecule has 0 aromatic heterocycles. The van der Waals surface area contributed by atoms with Crippen molar-refractivity contribution >= 4 is 43.5 Å². The monoisotopic (exact) mass is 403 g/mol. The van der Waals surface area contributed by atoms with Crippen molar-refractivity contribution in [1.82, 2.24) is 5.32 Å². The number of hydrogen-bond donors (Lipinski definition) is 1. The van der Waals surface area contributed by atoms with Crippen molar-refractivity contribution in [2.75, 3.05) is 7.05 Å². The molecule has 0 bridgehead atoms. The first kappa shape index (κ1) is 14.9. The van der Waals surface area contributed by atoms with Crippen molar-refractivity contribution in [2.24, 2.45) is 0 Å². The van der Waals surface area contributed by atoms with E-state index in [1.807, 2.05) is 43.4 Å². The van der Waals surface area contributed by atoms with Crippen LogP contribution in [-0.4, -0.2) is 7.05 Å². The normalized spacial score (nSPS) is 10.5. The van der Waals surface area contributed by atoms with E-state index in [1.54, 1.807) is 0 Å². The molecule has 0 aliphatic carbocycles. The minimum Gasteiger partial charge on any atom is -0.455 e. The van der Waals surface area contributed by atoms with Crippen LogP contribution >= 0.6 is 43.5 Å². The zero-order valence-electron chi connectivity index (χ0n) is 10.2. The first-order valence-corrected chi connectivity index (χ1v) is 7.62. The lowest BCUT2D eigenvalue weighted by Crippen LogP contribution is -2.04. The molecule has 2 nitrogen and oxygen atoms in total. The molecule has 2 aromatic carbocycles. The minimum absolute atomic E-state index is 0.600. The van der Waals surface area contributed by atoms with E-state index < -0.39 is 0 Å². The molecule has 0 aliphatic heterocycles. The fourth-order valence-electron chi connectivity index (χ4n) is 1.62. The van der Waals surface area contributed by atoms with E-state index in [-0.39, 0.29) is 0 Å². The summed E-state index contributed by atoms with van der Waals surface area (Å²) in [5.41, 5.74) is 1.12. The summed E-state index contributed by atoms with van der Waals surface area (Å²) in [5.74, 6) is 1.37. The van der Waals surface area contributed by atoms with E-state index in [0.717, 1.165) is 26.8 Å². The van der Waals surface area contributed by atoms with Gasteiger partial charge in [-0.25, -0.2) is 0 Å². The molecule has 0 heterocycles. The molecule has 0 saturated carbocycles. The molecular formula is C14H12Br2ClNO. The second-order valence-corrected chi connectivity index (χ2v) is 6.15. The molecule has 2 rings (SSSR count). The van der Waals surface area contributed by atoms with Gasteiger partial charge in [0.15, 0.2) is 0 Å². The van der Waals surface area contributed by atoms with Crippen LogP contribution in [0.2, 0.25) is 5.02 Å². The van der Waals surface area contributed by atoms with Crippen LogP contribution in [-0.2, 0) is 6.54 Å². The van der Waals surface area contributed by atoms with Gasteiger partial charge in [-0.1, -0.05) is 33.6 Å². The minimum atomic E-state index is 0.600. The van der Waals surface area contributed by atoms with Gasteiger partial charge < -0.3 is 10.1 Å². The third-order valence-corrected chi connectivity index (χ3v) is 3.90. The summed E-state index contributed by atoms with van der Waals surface area (Å²) in [6, 6.07) is 11.5. The molecule has 0 aliphatic rings. The van der Waals surface area contributed by atoms with Gasteiger partial charge in [0.1, 0.15) is 11.5 Å². The second kappa shape index (κ2) is 6.75. The van der Waals surface area contributed by atoms with Gasteiger partial charge in [0.05, 0.1) is 9.50 Å². The highest BCUT2D eigenvalue weighted by Crippen LogP contribution is 2.35. The summed E-state index contributed by atoms with van der Waals surface area (Å²) in [4.78, 5) is 0. The molecule has 1 N–H and O–H groups in total. The number of hydrogen-bond acceptors (Lipinski definition) is 2. The predicted octanol–water partition coefficient (Wildman–Crippen LogP) is 5.38. The number of halogens is 3. The maximum atomic E-state index is 6.22. The predicted molar refractivity (Wildman–Crippen MR) is 86.1 cm³/mol.